The molecule has 0 fully saturated rings. The van der Waals surface area contributed by atoms with E-state index >= 15 is 0 Å². The summed E-state index contributed by atoms with van der Waals surface area (Å²) < 4.78 is 4.98. The first-order chi connectivity index (χ1) is 6.79. The van der Waals surface area contributed by atoms with Crippen LogP contribution in [0, 0.1) is 5.92 Å². The van der Waals surface area contributed by atoms with E-state index in [1.807, 2.05) is 0 Å². The molecule has 2 aliphatic heterocycles. The van der Waals surface area contributed by atoms with Crippen LogP contribution < -0.4 is 5.32 Å². The van der Waals surface area contributed by atoms with Crippen molar-refractivity contribution < 1.29 is 14.6 Å². The molecule has 2 rings (SSSR count). The molecule has 2 aliphatic rings. The summed E-state index contributed by atoms with van der Waals surface area (Å²) in [6.07, 6.45) is 7.12. The second kappa shape index (κ2) is 3.57. The third-order valence-electron chi connectivity index (χ3n) is 2.37. The summed E-state index contributed by atoms with van der Waals surface area (Å²) in [6.45, 7) is 0.688. The van der Waals surface area contributed by atoms with Crippen molar-refractivity contribution in [2.45, 2.75) is 6.42 Å². The highest BCUT2D eigenvalue weighted by molar-refractivity contribution is 5.75. The Kier molecular flexibility index (Phi) is 2.26. The smallest absolute Gasteiger partial charge is 0.311 e. The molecule has 0 spiro atoms. The molecule has 14 heavy (non-hydrogen) atoms. The van der Waals surface area contributed by atoms with Crippen LogP contribution in [0.1, 0.15) is 6.42 Å². The monoisotopic (exact) mass is 193 g/mol. The SMILES string of the molecule is O=C(O)C1CCNC2=C1C=COC=C2. The number of carbonyl (C=O) groups is 1. The molecule has 0 aromatic carbocycles. The van der Waals surface area contributed by atoms with Gasteiger partial charge in [-0.25, -0.2) is 0 Å². The summed E-state index contributed by atoms with van der Waals surface area (Å²) in [4.78, 5) is 11.0. The van der Waals surface area contributed by atoms with E-state index in [0.29, 0.717) is 13.0 Å². The van der Waals surface area contributed by atoms with Gasteiger partial charge in [0.15, 0.2) is 0 Å². The van der Waals surface area contributed by atoms with Crippen LogP contribution in [0.25, 0.3) is 0 Å². The predicted octanol–water partition coefficient (Wildman–Crippen LogP) is 0.992. The van der Waals surface area contributed by atoms with Crippen molar-refractivity contribution in [3.05, 3.63) is 35.9 Å². The minimum absolute atomic E-state index is 0.422. The van der Waals surface area contributed by atoms with Gasteiger partial charge in [-0.1, -0.05) is 0 Å². The summed E-state index contributed by atoms with van der Waals surface area (Å²) in [5.74, 6) is -1.20. The number of ether oxygens (including phenoxy) is 1. The summed E-state index contributed by atoms with van der Waals surface area (Å²) in [7, 11) is 0. The highest BCUT2D eigenvalue weighted by Gasteiger charge is 2.26. The Balaban J connectivity index is 2.38. The van der Waals surface area contributed by atoms with Gasteiger partial charge in [0.25, 0.3) is 0 Å². The first-order valence-electron chi connectivity index (χ1n) is 4.48. The normalized spacial score (nSPS) is 24.7. The highest BCUT2D eigenvalue weighted by Crippen LogP contribution is 2.25. The average molecular weight is 193 g/mol. The molecule has 4 heteroatoms. The van der Waals surface area contributed by atoms with Crippen LogP contribution in [0.3, 0.4) is 0 Å². The molecule has 1 unspecified atom stereocenters. The molecule has 2 heterocycles. The van der Waals surface area contributed by atoms with Crippen LogP contribution in [0.4, 0.5) is 0 Å². The summed E-state index contributed by atoms with van der Waals surface area (Å²) in [6, 6.07) is 0. The lowest BCUT2D eigenvalue weighted by molar-refractivity contribution is -0.140. The maximum absolute atomic E-state index is 11.0. The Bertz CT molecular complexity index is 341. The molecule has 2 N–H and O–H groups in total. The van der Waals surface area contributed by atoms with E-state index in [1.165, 1.54) is 12.5 Å². The molecule has 0 radical (unpaired) electrons. The minimum Gasteiger partial charge on any atom is -0.481 e. The van der Waals surface area contributed by atoms with Crippen LogP contribution in [0.2, 0.25) is 0 Å². The lowest BCUT2D eigenvalue weighted by atomic mass is 9.91. The average Bonchev–Trinajstić information content (AvgIpc) is 2.41. The molecular weight excluding hydrogens is 182 g/mol. The van der Waals surface area contributed by atoms with E-state index < -0.39 is 11.9 Å². The molecule has 0 aromatic rings. The fraction of sp³-hybridized carbons (Fsp3) is 0.300. The maximum atomic E-state index is 11.0. The van der Waals surface area contributed by atoms with Crippen LogP contribution >= 0.6 is 0 Å². The third-order valence-corrected chi connectivity index (χ3v) is 2.37. The fourth-order valence-corrected chi connectivity index (χ4v) is 1.68. The molecule has 0 aromatic heterocycles. The van der Waals surface area contributed by atoms with E-state index in [9.17, 15) is 4.79 Å². The van der Waals surface area contributed by atoms with Crippen LogP contribution in [-0.2, 0) is 9.53 Å². The molecule has 1 atom stereocenters. The minimum atomic E-state index is -0.779. The zero-order chi connectivity index (χ0) is 9.97. The van der Waals surface area contributed by atoms with E-state index in [4.69, 9.17) is 9.84 Å². The van der Waals surface area contributed by atoms with Crippen molar-refractivity contribution in [1.29, 1.82) is 0 Å². The van der Waals surface area contributed by atoms with Gasteiger partial charge in [-0.2, -0.15) is 0 Å². The lowest BCUT2D eigenvalue weighted by Gasteiger charge is -2.23. The number of hydrogen-bond donors (Lipinski definition) is 2. The Morgan fingerprint density at radius 1 is 1.50 bits per heavy atom. The quantitative estimate of drug-likeness (QED) is 0.652. The molecule has 74 valence electrons. The number of carboxylic acids is 1. The lowest BCUT2D eigenvalue weighted by Crippen LogP contribution is -2.30. The predicted molar refractivity (Wildman–Crippen MR) is 50.1 cm³/mol. The first kappa shape index (κ1) is 8.87. The first-order valence-corrected chi connectivity index (χ1v) is 4.48. The number of carboxylic acid groups (broad SMARTS) is 1. The standard InChI is InChI=1S/C10H11NO3/c12-10(13)8-1-4-11-9-3-6-14-5-2-7(8)9/h2-3,5-6,8,11H,1,4H2,(H,12,13). The molecule has 4 nitrogen and oxygen atoms in total. The van der Waals surface area contributed by atoms with E-state index in [-0.39, 0.29) is 0 Å². The van der Waals surface area contributed by atoms with Gasteiger partial charge < -0.3 is 15.2 Å². The van der Waals surface area contributed by atoms with Gasteiger partial charge in [0.2, 0.25) is 0 Å². The van der Waals surface area contributed by atoms with Crippen molar-refractivity contribution in [3.63, 3.8) is 0 Å². The van der Waals surface area contributed by atoms with Gasteiger partial charge in [0.1, 0.15) is 0 Å². The largest absolute Gasteiger partial charge is 0.481 e. The Morgan fingerprint density at radius 3 is 3.07 bits per heavy atom. The second-order valence-electron chi connectivity index (χ2n) is 3.22. The van der Waals surface area contributed by atoms with Gasteiger partial charge >= 0.3 is 5.97 Å². The van der Waals surface area contributed by atoms with Crippen molar-refractivity contribution in [1.82, 2.24) is 5.32 Å². The summed E-state index contributed by atoms with van der Waals surface area (Å²) in [5.41, 5.74) is 1.63. The zero-order valence-electron chi connectivity index (χ0n) is 7.56. The molecule has 0 saturated heterocycles. The number of aliphatic carboxylic acids is 1. The Morgan fingerprint density at radius 2 is 2.29 bits per heavy atom. The van der Waals surface area contributed by atoms with Crippen molar-refractivity contribution in [3.8, 4) is 0 Å². The van der Waals surface area contributed by atoms with Crippen LogP contribution in [-0.4, -0.2) is 17.6 Å². The number of allylic oxidation sites excluding steroid dienone is 2. The second-order valence-corrected chi connectivity index (χ2v) is 3.22. The van der Waals surface area contributed by atoms with Gasteiger partial charge in [-0.3, -0.25) is 4.79 Å². The zero-order valence-corrected chi connectivity index (χ0v) is 7.56. The molecule has 0 amide bonds. The number of hydrogen-bond acceptors (Lipinski definition) is 3. The summed E-state index contributed by atoms with van der Waals surface area (Å²) in [5, 5.41) is 12.2. The van der Waals surface area contributed by atoms with Crippen molar-refractivity contribution in [2.75, 3.05) is 6.54 Å². The molecule has 0 saturated carbocycles. The Labute approximate surface area is 81.6 Å². The van der Waals surface area contributed by atoms with E-state index in [2.05, 4.69) is 5.32 Å². The van der Waals surface area contributed by atoms with E-state index in [1.54, 1.807) is 12.2 Å². The number of rotatable bonds is 1. The summed E-state index contributed by atoms with van der Waals surface area (Å²) >= 11 is 0. The topological polar surface area (TPSA) is 58.6 Å². The van der Waals surface area contributed by atoms with Crippen LogP contribution in [0.5, 0.6) is 0 Å². The van der Waals surface area contributed by atoms with Gasteiger partial charge in [-0.05, 0) is 24.1 Å². The van der Waals surface area contributed by atoms with Gasteiger partial charge in [-0.15, -0.1) is 0 Å². The maximum Gasteiger partial charge on any atom is 0.311 e. The molecule has 0 bridgehead atoms. The van der Waals surface area contributed by atoms with Crippen molar-refractivity contribution in [2.24, 2.45) is 5.92 Å². The molecule has 0 aliphatic carbocycles. The number of nitrogens with one attached hydrogen (secondary N) is 1. The van der Waals surface area contributed by atoms with Gasteiger partial charge in [0, 0.05) is 12.2 Å². The third kappa shape index (κ3) is 1.51. The van der Waals surface area contributed by atoms with E-state index in [0.717, 1.165) is 11.3 Å². The fourth-order valence-electron chi connectivity index (χ4n) is 1.68. The highest BCUT2D eigenvalue weighted by atomic mass is 16.5. The van der Waals surface area contributed by atoms with Crippen LogP contribution in [0.15, 0.2) is 35.9 Å². The van der Waals surface area contributed by atoms with Crippen molar-refractivity contribution >= 4 is 5.97 Å². The Hall–Kier alpha value is -1.71. The van der Waals surface area contributed by atoms with Gasteiger partial charge in [0.05, 0.1) is 18.4 Å². The molecular formula is C10H11NO3.